The Labute approximate surface area is 226 Å². The molecular formula is C28H43N9O. The van der Waals surface area contributed by atoms with Crippen molar-refractivity contribution in [1.82, 2.24) is 25.1 Å². The molecule has 1 aromatic heterocycles. The molecule has 10 nitrogen and oxygen atoms in total. The maximum atomic E-state index is 12.3. The number of hydrogen-bond donors (Lipinski definition) is 3. The van der Waals surface area contributed by atoms with Gasteiger partial charge in [0.2, 0.25) is 0 Å². The summed E-state index contributed by atoms with van der Waals surface area (Å²) in [6.07, 6.45) is 3.09. The number of nitrogens with one attached hydrogen (secondary N) is 2. The van der Waals surface area contributed by atoms with E-state index in [1.165, 1.54) is 44.7 Å². The summed E-state index contributed by atoms with van der Waals surface area (Å²) in [5.74, 6) is 0.666. The Morgan fingerprint density at radius 2 is 1.76 bits per heavy atom. The first-order chi connectivity index (χ1) is 18.4. The number of primary amides is 1. The van der Waals surface area contributed by atoms with Crippen molar-refractivity contribution in [3.63, 3.8) is 0 Å². The normalized spacial score (nSPS) is 22.0. The van der Waals surface area contributed by atoms with Crippen LogP contribution >= 0.6 is 0 Å². The zero-order valence-corrected chi connectivity index (χ0v) is 23.1. The van der Waals surface area contributed by atoms with Crippen LogP contribution in [0.4, 0.5) is 23.0 Å². The van der Waals surface area contributed by atoms with Crippen LogP contribution < -0.4 is 26.2 Å². The molecule has 0 saturated carbocycles. The number of aryl methyl sites for hydroxylation is 1. The Bertz CT molecular complexity index is 1090. The van der Waals surface area contributed by atoms with Crippen molar-refractivity contribution in [2.45, 2.75) is 45.2 Å². The van der Waals surface area contributed by atoms with Gasteiger partial charge in [0.15, 0.2) is 17.3 Å². The third-order valence-electron chi connectivity index (χ3n) is 8.30. The summed E-state index contributed by atoms with van der Waals surface area (Å²) in [6.45, 7) is 13.7. The highest BCUT2D eigenvalue weighted by Crippen LogP contribution is 2.29. The maximum absolute atomic E-state index is 12.3. The van der Waals surface area contributed by atoms with Crippen LogP contribution in [-0.2, 0) is 6.42 Å². The van der Waals surface area contributed by atoms with Crippen LogP contribution in [-0.4, -0.2) is 104 Å². The minimum atomic E-state index is -0.575. The molecule has 2 aromatic rings. The molecule has 5 rings (SSSR count). The lowest BCUT2D eigenvalue weighted by Gasteiger charge is -2.42. The second kappa shape index (κ2) is 11.8. The van der Waals surface area contributed by atoms with Crippen molar-refractivity contribution in [3.05, 3.63) is 35.7 Å². The molecule has 3 aliphatic rings. The lowest BCUT2D eigenvalue weighted by molar-refractivity contribution is 0.0982. The van der Waals surface area contributed by atoms with E-state index in [1.54, 1.807) is 0 Å². The standard InChI is InChI=1S/C28H43N9O/c1-4-24-28(37-14-11-30-19-20(37)2)33-27(25(32-24)26(29)38)31-21-5-7-22(8-6-21)35-12-9-23(10-13-35)36-17-15-34(3)16-18-36/h5-8,20,23,30H,4,9-19H2,1-3H3,(H2,29,38)(H,31,33)/t20-/m1/s1. The van der Waals surface area contributed by atoms with Gasteiger partial charge in [-0.1, -0.05) is 6.92 Å². The molecule has 3 saturated heterocycles. The maximum Gasteiger partial charge on any atom is 0.271 e. The smallest absolute Gasteiger partial charge is 0.271 e. The molecule has 1 atom stereocenters. The number of anilines is 4. The van der Waals surface area contributed by atoms with Crippen molar-refractivity contribution in [2.75, 3.05) is 81.1 Å². The summed E-state index contributed by atoms with van der Waals surface area (Å²) < 4.78 is 0. The molecule has 3 fully saturated rings. The van der Waals surface area contributed by atoms with Crippen LogP contribution in [0.5, 0.6) is 0 Å². The summed E-state index contributed by atoms with van der Waals surface area (Å²) in [6, 6.07) is 9.39. The number of piperazine rings is 2. The van der Waals surface area contributed by atoms with E-state index in [4.69, 9.17) is 10.7 Å². The minimum absolute atomic E-state index is 0.184. The minimum Gasteiger partial charge on any atom is -0.371 e. The predicted molar refractivity (Wildman–Crippen MR) is 154 cm³/mol. The van der Waals surface area contributed by atoms with Crippen LogP contribution in [0.2, 0.25) is 0 Å². The first kappa shape index (κ1) is 26.6. The molecule has 10 heteroatoms. The average molecular weight is 522 g/mol. The third kappa shape index (κ3) is 5.87. The summed E-state index contributed by atoms with van der Waals surface area (Å²) in [5, 5.41) is 6.76. The van der Waals surface area contributed by atoms with Gasteiger partial charge in [-0.15, -0.1) is 0 Å². The molecular weight excluding hydrogens is 478 g/mol. The molecule has 206 valence electrons. The van der Waals surface area contributed by atoms with E-state index in [0.717, 1.165) is 49.9 Å². The van der Waals surface area contributed by atoms with Crippen LogP contribution in [0.1, 0.15) is 42.9 Å². The van der Waals surface area contributed by atoms with E-state index in [2.05, 4.69) is 73.5 Å². The summed E-state index contributed by atoms with van der Waals surface area (Å²) in [4.78, 5) is 31.7. The van der Waals surface area contributed by atoms with E-state index in [1.807, 2.05) is 6.92 Å². The monoisotopic (exact) mass is 521 g/mol. The van der Waals surface area contributed by atoms with Crippen molar-refractivity contribution in [3.8, 4) is 0 Å². The number of likely N-dealkylation sites (N-methyl/N-ethyl adjacent to an activating group) is 1. The van der Waals surface area contributed by atoms with Crippen molar-refractivity contribution >= 4 is 28.9 Å². The molecule has 0 spiro atoms. The summed E-state index contributed by atoms with van der Waals surface area (Å²) in [7, 11) is 2.21. The predicted octanol–water partition coefficient (Wildman–Crippen LogP) is 1.90. The zero-order chi connectivity index (χ0) is 26.6. The second-order valence-corrected chi connectivity index (χ2v) is 10.9. The first-order valence-corrected chi connectivity index (χ1v) is 14.2. The molecule has 4 N–H and O–H groups in total. The number of piperidine rings is 1. The Morgan fingerprint density at radius 3 is 2.39 bits per heavy atom. The van der Waals surface area contributed by atoms with Gasteiger partial charge in [0.25, 0.3) is 5.91 Å². The molecule has 0 radical (unpaired) electrons. The van der Waals surface area contributed by atoms with E-state index >= 15 is 0 Å². The highest BCUT2D eigenvalue weighted by molar-refractivity contribution is 5.96. The van der Waals surface area contributed by atoms with Crippen LogP contribution in [0.25, 0.3) is 0 Å². The van der Waals surface area contributed by atoms with Crippen molar-refractivity contribution < 1.29 is 4.79 Å². The highest BCUT2D eigenvalue weighted by atomic mass is 16.1. The first-order valence-electron chi connectivity index (χ1n) is 14.2. The lowest BCUT2D eigenvalue weighted by atomic mass is 10.0. The van der Waals surface area contributed by atoms with Gasteiger partial charge in [-0.25, -0.2) is 9.97 Å². The summed E-state index contributed by atoms with van der Waals surface area (Å²) in [5.41, 5.74) is 8.80. The fourth-order valence-electron chi connectivity index (χ4n) is 5.91. The van der Waals surface area contributed by atoms with E-state index in [9.17, 15) is 4.79 Å². The van der Waals surface area contributed by atoms with E-state index in [0.29, 0.717) is 18.3 Å². The Kier molecular flexibility index (Phi) is 8.30. The number of hydrogen-bond acceptors (Lipinski definition) is 9. The molecule has 0 bridgehead atoms. The van der Waals surface area contributed by atoms with Gasteiger partial charge >= 0.3 is 0 Å². The molecule has 38 heavy (non-hydrogen) atoms. The molecule has 1 aromatic carbocycles. The SMILES string of the molecule is CCc1nc(C(N)=O)c(Nc2ccc(N3CCC(N4CCN(C)CC4)CC3)cc2)nc1N1CCNC[C@H]1C. The molecule has 0 aliphatic carbocycles. The Morgan fingerprint density at radius 1 is 1.05 bits per heavy atom. The average Bonchev–Trinajstić information content (AvgIpc) is 2.94. The van der Waals surface area contributed by atoms with Gasteiger partial charge in [0, 0.05) is 82.4 Å². The number of carbonyl (C=O) groups is 1. The highest BCUT2D eigenvalue weighted by Gasteiger charge is 2.28. The number of nitrogens with two attached hydrogens (primary N) is 1. The topological polar surface area (TPSA) is 106 Å². The number of amides is 1. The number of aromatic nitrogens is 2. The van der Waals surface area contributed by atoms with Gasteiger partial charge < -0.3 is 31.1 Å². The fourth-order valence-corrected chi connectivity index (χ4v) is 5.91. The largest absolute Gasteiger partial charge is 0.371 e. The molecule has 1 amide bonds. The van der Waals surface area contributed by atoms with Crippen LogP contribution in [0.15, 0.2) is 24.3 Å². The third-order valence-corrected chi connectivity index (χ3v) is 8.30. The Balaban J connectivity index is 1.28. The number of rotatable bonds is 7. The fraction of sp³-hybridized carbons (Fsp3) is 0.607. The van der Waals surface area contributed by atoms with Crippen molar-refractivity contribution in [2.24, 2.45) is 5.73 Å². The Hall–Kier alpha value is -2.95. The number of benzene rings is 1. The van der Waals surface area contributed by atoms with Gasteiger partial charge in [-0.05, 0) is 57.5 Å². The summed E-state index contributed by atoms with van der Waals surface area (Å²) >= 11 is 0. The van der Waals surface area contributed by atoms with Gasteiger partial charge in [0.1, 0.15) is 0 Å². The van der Waals surface area contributed by atoms with E-state index in [-0.39, 0.29) is 11.7 Å². The second-order valence-electron chi connectivity index (χ2n) is 10.9. The van der Waals surface area contributed by atoms with Gasteiger partial charge in [-0.3, -0.25) is 9.69 Å². The van der Waals surface area contributed by atoms with Gasteiger partial charge in [-0.2, -0.15) is 0 Å². The lowest BCUT2D eigenvalue weighted by Crippen LogP contribution is -2.52. The van der Waals surface area contributed by atoms with Crippen molar-refractivity contribution in [1.29, 1.82) is 0 Å². The number of nitrogens with zero attached hydrogens (tertiary/aromatic N) is 6. The zero-order valence-electron chi connectivity index (χ0n) is 23.1. The van der Waals surface area contributed by atoms with E-state index < -0.39 is 5.91 Å². The quantitative estimate of drug-likeness (QED) is 0.504. The number of carbonyl (C=O) groups excluding carboxylic acids is 1. The molecule has 0 unspecified atom stereocenters. The van der Waals surface area contributed by atoms with Crippen LogP contribution in [0, 0.1) is 0 Å². The molecule has 4 heterocycles. The molecule has 3 aliphatic heterocycles. The van der Waals surface area contributed by atoms with Crippen LogP contribution in [0.3, 0.4) is 0 Å². The van der Waals surface area contributed by atoms with Gasteiger partial charge in [0.05, 0.1) is 5.69 Å².